The van der Waals surface area contributed by atoms with E-state index in [9.17, 15) is 9.18 Å². The van der Waals surface area contributed by atoms with Gasteiger partial charge in [0.05, 0.1) is 11.6 Å². The van der Waals surface area contributed by atoms with Gasteiger partial charge in [-0.15, -0.1) is 0 Å². The van der Waals surface area contributed by atoms with Crippen molar-refractivity contribution in [1.82, 2.24) is 10.2 Å². The minimum Gasteiger partial charge on any atom is -0.337 e. The van der Waals surface area contributed by atoms with Crippen LogP contribution in [0.15, 0.2) is 24.3 Å². The van der Waals surface area contributed by atoms with E-state index in [0.717, 1.165) is 0 Å². The number of nitrogens with zero attached hydrogens (tertiary/aromatic N) is 1. The Labute approximate surface area is 114 Å². The van der Waals surface area contributed by atoms with E-state index >= 15 is 0 Å². The smallest absolute Gasteiger partial charge is 0.242 e. The highest BCUT2D eigenvalue weighted by atomic mass is 19.1. The molecule has 1 atom stereocenters. The summed E-state index contributed by atoms with van der Waals surface area (Å²) in [5, 5.41) is 3.14. The van der Waals surface area contributed by atoms with Crippen LogP contribution < -0.4 is 5.32 Å². The molecule has 0 aliphatic carbocycles. The highest BCUT2D eigenvalue weighted by Crippen LogP contribution is 2.23. The van der Waals surface area contributed by atoms with E-state index < -0.39 is 5.54 Å². The lowest BCUT2D eigenvalue weighted by atomic mass is 10.0. The summed E-state index contributed by atoms with van der Waals surface area (Å²) >= 11 is 0. The average molecular weight is 266 g/mol. The van der Waals surface area contributed by atoms with Gasteiger partial charge < -0.3 is 10.2 Å². The van der Waals surface area contributed by atoms with Gasteiger partial charge in [-0.2, -0.15) is 0 Å². The van der Waals surface area contributed by atoms with E-state index in [0.29, 0.717) is 12.1 Å². The molecule has 0 saturated heterocycles. The van der Waals surface area contributed by atoms with Crippen molar-refractivity contribution >= 4 is 5.91 Å². The fraction of sp³-hybridized carbons (Fsp3) is 0.533. The molecule has 0 radical (unpaired) electrons. The third kappa shape index (κ3) is 3.53. The Morgan fingerprint density at radius 2 is 2.00 bits per heavy atom. The van der Waals surface area contributed by atoms with Gasteiger partial charge in [0, 0.05) is 12.6 Å². The minimum absolute atomic E-state index is 0.0508. The molecule has 106 valence electrons. The van der Waals surface area contributed by atoms with Gasteiger partial charge in [-0.1, -0.05) is 25.1 Å². The van der Waals surface area contributed by atoms with Gasteiger partial charge in [-0.25, -0.2) is 4.39 Å². The van der Waals surface area contributed by atoms with Crippen molar-refractivity contribution in [2.24, 2.45) is 0 Å². The van der Waals surface area contributed by atoms with Gasteiger partial charge in [0.15, 0.2) is 0 Å². The second-order valence-electron chi connectivity index (χ2n) is 5.27. The summed E-state index contributed by atoms with van der Waals surface area (Å²) in [7, 11) is 1.71. The van der Waals surface area contributed by atoms with Crippen LogP contribution in [0.5, 0.6) is 0 Å². The highest BCUT2D eigenvalue weighted by molar-refractivity contribution is 5.85. The summed E-state index contributed by atoms with van der Waals surface area (Å²) in [4.78, 5) is 14.0. The molecule has 1 N–H and O–H groups in total. The third-order valence-corrected chi connectivity index (χ3v) is 3.41. The quantitative estimate of drug-likeness (QED) is 0.888. The SMILES string of the molecule is CCNC(C)(C)C(=O)N(C)C(C)c1ccccc1F. The Kier molecular flexibility index (Phi) is 5.06. The number of nitrogens with one attached hydrogen (secondary N) is 1. The zero-order valence-corrected chi connectivity index (χ0v) is 12.3. The van der Waals surface area contributed by atoms with Crippen LogP contribution in [0.25, 0.3) is 0 Å². The molecule has 0 aliphatic heterocycles. The van der Waals surface area contributed by atoms with Gasteiger partial charge in [0.25, 0.3) is 0 Å². The number of hydrogen-bond donors (Lipinski definition) is 1. The molecule has 4 heteroatoms. The number of carbonyl (C=O) groups is 1. The summed E-state index contributed by atoms with van der Waals surface area (Å²) in [5.74, 6) is -0.332. The Morgan fingerprint density at radius 3 is 2.53 bits per heavy atom. The molecule has 1 unspecified atom stereocenters. The topological polar surface area (TPSA) is 32.3 Å². The van der Waals surface area contributed by atoms with Crippen molar-refractivity contribution in [2.45, 2.75) is 39.3 Å². The van der Waals surface area contributed by atoms with E-state index in [2.05, 4.69) is 5.32 Å². The van der Waals surface area contributed by atoms with Crippen LogP contribution in [0.2, 0.25) is 0 Å². The number of rotatable bonds is 5. The number of hydrogen-bond acceptors (Lipinski definition) is 2. The summed E-state index contributed by atoms with van der Waals surface area (Å²) in [6.45, 7) is 8.17. The zero-order chi connectivity index (χ0) is 14.6. The Hall–Kier alpha value is -1.42. The second-order valence-corrected chi connectivity index (χ2v) is 5.27. The summed E-state index contributed by atoms with van der Waals surface area (Å²) in [5.41, 5.74) is -0.117. The van der Waals surface area contributed by atoms with Crippen LogP contribution >= 0.6 is 0 Å². The van der Waals surface area contributed by atoms with Crippen LogP contribution in [0.1, 0.15) is 39.3 Å². The first kappa shape index (κ1) is 15.6. The van der Waals surface area contributed by atoms with Crippen molar-refractivity contribution in [2.75, 3.05) is 13.6 Å². The lowest BCUT2D eigenvalue weighted by Gasteiger charge is -2.34. The molecule has 0 spiro atoms. The maximum Gasteiger partial charge on any atom is 0.242 e. The van der Waals surface area contributed by atoms with Crippen molar-refractivity contribution in [3.63, 3.8) is 0 Å². The molecule has 3 nitrogen and oxygen atoms in total. The zero-order valence-electron chi connectivity index (χ0n) is 12.3. The third-order valence-electron chi connectivity index (χ3n) is 3.41. The molecule has 0 bridgehead atoms. The maximum absolute atomic E-state index is 13.8. The largest absolute Gasteiger partial charge is 0.337 e. The van der Waals surface area contributed by atoms with Crippen molar-refractivity contribution in [3.05, 3.63) is 35.6 Å². The van der Waals surface area contributed by atoms with Gasteiger partial charge >= 0.3 is 0 Å². The number of halogens is 1. The summed E-state index contributed by atoms with van der Waals surface area (Å²) in [6.07, 6.45) is 0. The number of likely N-dealkylation sites (N-methyl/N-ethyl adjacent to an activating group) is 2. The van der Waals surface area contributed by atoms with Crippen LogP contribution in [-0.2, 0) is 4.79 Å². The van der Waals surface area contributed by atoms with E-state index in [1.54, 1.807) is 30.1 Å². The Bertz CT molecular complexity index is 446. The van der Waals surface area contributed by atoms with Gasteiger partial charge in [-0.3, -0.25) is 4.79 Å². The predicted octanol–water partition coefficient (Wildman–Crippen LogP) is 2.73. The van der Waals surface area contributed by atoms with Crippen molar-refractivity contribution < 1.29 is 9.18 Å². The molecule has 1 amide bonds. The van der Waals surface area contributed by atoms with E-state index in [-0.39, 0.29) is 17.8 Å². The maximum atomic E-state index is 13.8. The van der Waals surface area contributed by atoms with Crippen LogP contribution in [0.4, 0.5) is 4.39 Å². The molecular weight excluding hydrogens is 243 g/mol. The fourth-order valence-corrected chi connectivity index (χ4v) is 2.16. The fourth-order valence-electron chi connectivity index (χ4n) is 2.16. The molecule has 1 aromatic carbocycles. The standard InChI is InChI=1S/C15H23FN2O/c1-6-17-15(3,4)14(19)18(5)11(2)12-9-7-8-10-13(12)16/h7-11,17H,6H2,1-5H3. The van der Waals surface area contributed by atoms with Gasteiger partial charge in [-0.05, 0) is 33.4 Å². The normalized spacial score (nSPS) is 13.2. The number of amides is 1. The van der Waals surface area contributed by atoms with Gasteiger partial charge in [0.1, 0.15) is 5.82 Å². The molecule has 1 aromatic rings. The van der Waals surface area contributed by atoms with E-state index in [1.165, 1.54) is 6.07 Å². The summed E-state index contributed by atoms with van der Waals surface area (Å²) in [6, 6.07) is 6.26. The Balaban J connectivity index is 2.91. The molecule has 0 heterocycles. The van der Waals surface area contributed by atoms with Crippen LogP contribution in [-0.4, -0.2) is 29.9 Å². The molecule has 0 aromatic heterocycles. The van der Waals surface area contributed by atoms with Crippen LogP contribution in [0.3, 0.4) is 0 Å². The summed E-state index contributed by atoms with van der Waals surface area (Å²) < 4.78 is 13.8. The first-order chi connectivity index (χ1) is 8.81. The van der Waals surface area contributed by atoms with Crippen LogP contribution in [0, 0.1) is 5.82 Å². The molecule has 1 rings (SSSR count). The highest BCUT2D eigenvalue weighted by Gasteiger charge is 2.32. The number of carbonyl (C=O) groups excluding carboxylic acids is 1. The van der Waals surface area contributed by atoms with Crippen molar-refractivity contribution in [1.29, 1.82) is 0 Å². The molecule has 0 aliphatic rings. The lowest BCUT2D eigenvalue weighted by molar-refractivity contribution is -0.137. The molecular formula is C15H23FN2O. The number of benzene rings is 1. The first-order valence-electron chi connectivity index (χ1n) is 6.58. The molecule has 19 heavy (non-hydrogen) atoms. The molecule has 0 fully saturated rings. The predicted molar refractivity (Wildman–Crippen MR) is 75.3 cm³/mol. The minimum atomic E-state index is -0.650. The first-order valence-corrected chi connectivity index (χ1v) is 6.58. The second kappa shape index (κ2) is 6.15. The van der Waals surface area contributed by atoms with Crippen molar-refractivity contribution in [3.8, 4) is 0 Å². The molecule has 0 saturated carbocycles. The van der Waals surface area contributed by atoms with E-state index in [1.807, 2.05) is 27.7 Å². The lowest BCUT2D eigenvalue weighted by Crippen LogP contribution is -2.53. The van der Waals surface area contributed by atoms with E-state index in [4.69, 9.17) is 0 Å². The Morgan fingerprint density at radius 1 is 1.42 bits per heavy atom. The van der Waals surface area contributed by atoms with Gasteiger partial charge in [0.2, 0.25) is 5.91 Å². The monoisotopic (exact) mass is 266 g/mol. The average Bonchev–Trinajstić information content (AvgIpc) is 2.36.